The molecule has 0 bridgehead atoms. The van der Waals surface area contributed by atoms with Crippen molar-refractivity contribution in [3.8, 4) is 0 Å². The molecule has 7 heteroatoms. The van der Waals surface area contributed by atoms with Crippen LogP contribution in [-0.2, 0) is 14.3 Å². The SMILES string of the molecule is CN(C(=O)NC1COCC1(C)C(=O)O)C1CCOC1. The third-order valence-corrected chi connectivity index (χ3v) is 4.02. The predicted molar refractivity (Wildman–Crippen MR) is 65.9 cm³/mol. The molecule has 0 aliphatic carbocycles. The smallest absolute Gasteiger partial charge is 0.317 e. The Balaban J connectivity index is 1.96. The minimum atomic E-state index is -1.07. The standard InChI is InChI=1S/C12H20N2O5/c1-12(10(15)16)7-19-6-9(12)13-11(17)14(2)8-3-4-18-5-8/h8-9H,3-7H2,1-2H3,(H,13,17)(H,15,16). The van der Waals surface area contributed by atoms with Crippen molar-refractivity contribution >= 4 is 12.0 Å². The fourth-order valence-electron chi connectivity index (χ4n) is 2.33. The van der Waals surface area contributed by atoms with Crippen LogP contribution in [0.25, 0.3) is 0 Å². The summed E-state index contributed by atoms with van der Waals surface area (Å²) >= 11 is 0. The van der Waals surface area contributed by atoms with E-state index in [9.17, 15) is 14.7 Å². The van der Waals surface area contributed by atoms with Gasteiger partial charge in [-0.25, -0.2) is 4.79 Å². The number of rotatable bonds is 3. The Hall–Kier alpha value is -1.34. The molecule has 0 aromatic rings. The molecule has 0 radical (unpaired) electrons. The van der Waals surface area contributed by atoms with Gasteiger partial charge in [0, 0.05) is 13.7 Å². The number of carbonyl (C=O) groups is 2. The van der Waals surface area contributed by atoms with E-state index in [4.69, 9.17) is 9.47 Å². The zero-order valence-corrected chi connectivity index (χ0v) is 11.2. The van der Waals surface area contributed by atoms with Crippen molar-refractivity contribution in [2.24, 2.45) is 5.41 Å². The second-order valence-electron chi connectivity index (χ2n) is 5.37. The van der Waals surface area contributed by atoms with Crippen molar-refractivity contribution in [3.05, 3.63) is 0 Å². The molecule has 108 valence electrons. The molecule has 0 aromatic carbocycles. The van der Waals surface area contributed by atoms with E-state index < -0.39 is 17.4 Å². The van der Waals surface area contributed by atoms with Gasteiger partial charge in [0.15, 0.2) is 0 Å². The van der Waals surface area contributed by atoms with Crippen molar-refractivity contribution in [1.82, 2.24) is 10.2 Å². The summed E-state index contributed by atoms with van der Waals surface area (Å²) in [7, 11) is 1.70. The average molecular weight is 272 g/mol. The first kappa shape index (κ1) is 14.1. The second-order valence-corrected chi connectivity index (χ2v) is 5.37. The lowest BCUT2D eigenvalue weighted by atomic mass is 9.85. The molecule has 2 heterocycles. The van der Waals surface area contributed by atoms with Crippen molar-refractivity contribution in [1.29, 1.82) is 0 Å². The summed E-state index contributed by atoms with van der Waals surface area (Å²) in [5.74, 6) is -0.956. The van der Waals surface area contributed by atoms with E-state index in [0.29, 0.717) is 13.2 Å². The van der Waals surface area contributed by atoms with E-state index in [2.05, 4.69) is 5.32 Å². The lowest BCUT2D eigenvalue weighted by molar-refractivity contribution is -0.148. The van der Waals surface area contributed by atoms with Crippen LogP contribution in [0.4, 0.5) is 4.79 Å². The largest absolute Gasteiger partial charge is 0.481 e. The molecule has 2 rings (SSSR count). The summed E-state index contributed by atoms with van der Waals surface area (Å²) < 4.78 is 10.4. The predicted octanol–water partition coefficient (Wildman–Crippen LogP) is -0.0936. The number of amides is 2. The van der Waals surface area contributed by atoms with Gasteiger partial charge in [0.05, 0.1) is 31.9 Å². The topological polar surface area (TPSA) is 88.1 Å². The quantitative estimate of drug-likeness (QED) is 0.749. The van der Waals surface area contributed by atoms with Crippen LogP contribution in [0, 0.1) is 5.41 Å². The van der Waals surface area contributed by atoms with Crippen molar-refractivity contribution in [3.63, 3.8) is 0 Å². The highest BCUT2D eigenvalue weighted by atomic mass is 16.5. The summed E-state index contributed by atoms with van der Waals surface area (Å²) in [6.07, 6.45) is 0.807. The van der Waals surface area contributed by atoms with Gasteiger partial charge in [0.25, 0.3) is 0 Å². The molecule has 0 aromatic heterocycles. The number of likely N-dealkylation sites (N-methyl/N-ethyl adjacent to an activating group) is 1. The third-order valence-electron chi connectivity index (χ3n) is 4.02. The Morgan fingerprint density at radius 2 is 2.11 bits per heavy atom. The molecule has 2 N–H and O–H groups in total. The van der Waals surface area contributed by atoms with Crippen LogP contribution >= 0.6 is 0 Å². The van der Waals surface area contributed by atoms with Gasteiger partial charge in [-0.2, -0.15) is 0 Å². The summed E-state index contributed by atoms with van der Waals surface area (Å²) in [5, 5.41) is 12.0. The number of ether oxygens (including phenoxy) is 2. The summed E-state index contributed by atoms with van der Waals surface area (Å²) in [6.45, 7) is 3.11. The summed E-state index contributed by atoms with van der Waals surface area (Å²) in [4.78, 5) is 25.0. The molecule has 2 aliphatic heterocycles. The molecule has 2 fully saturated rings. The number of carbonyl (C=O) groups excluding carboxylic acids is 1. The minimum absolute atomic E-state index is 0.0541. The number of carboxylic acid groups (broad SMARTS) is 1. The number of nitrogens with zero attached hydrogens (tertiary/aromatic N) is 1. The van der Waals surface area contributed by atoms with Crippen molar-refractivity contribution in [2.45, 2.75) is 25.4 Å². The normalized spacial score (nSPS) is 34.2. The van der Waals surface area contributed by atoms with Gasteiger partial charge < -0.3 is 24.8 Å². The molecule has 2 saturated heterocycles. The Labute approximate surface area is 111 Å². The molecule has 0 saturated carbocycles. The molecular formula is C12H20N2O5. The zero-order chi connectivity index (χ0) is 14.0. The first-order valence-corrected chi connectivity index (χ1v) is 6.37. The highest BCUT2D eigenvalue weighted by molar-refractivity contribution is 5.79. The number of hydrogen-bond donors (Lipinski definition) is 2. The van der Waals surface area contributed by atoms with Gasteiger partial charge in [-0.15, -0.1) is 0 Å². The lowest BCUT2D eigenvalue weighted by Crippen LogP contribution is -2.54. The molecule has 0 spiro atoms. The number of urea groups is 1. The maximum atomic E-state index is 12.1. The lowest BCUT2D eigenvalue weighted by Gasteiger charge is -2.29. The molecule has 2 aliphatic rings. The average Bonchev–Trinajstić information content (AvgIpc) is 2.99. The number of hydrogen-bond acceptors (Lipinski definition) is 4. The monoisotopic (exact) mass is 272 g/mol. The highest BCUT2D eigenvalue weighted by Crippen LogP contribution is 2.29. The molecule has 7 nitrogen and oxygen atoms in total. The van der Waals surface area contributed by atoms with Gasteiger partial charge in [-0.1, -0.05) is 0 Å². The molecule has 19 heavy (non-hydrogen) atoms. The van der Waals surface area contributed by atoms with E-state index >= 15 is 0 Å². The van der Waals surface area contributed by atoms with Crippen LogP contribution < -0.4 is 5.32 Å². The number of carboxylic acids is 1. The maximum Gasteiger partial charge on any atom is 0.317 e. The summed E-state index contributed by atoms with van der Waals surface area (Å²) in [6, 6.07) is -0.737. The molecule has 3 atom stereocenters. The van der Waals surface area contributed by atoms with E-state index in [-0.39, 0.29) is 25.3 Å². The second kappa shape index (κ2) is 5.34. The summed E-state index contributed by atoms with van der Waals surface area (Å²) in [5.41, 5.74) is -1.07. The Kier molecular flexibility index (Phi) is 3.96. The van der Waals surface area contributed by atoms with Crippen LogP contribution in [0.3, 0.4) is 0 Å². The highest BCUT2D eigenvalue weighted by Gasteiger charge is 2.47. The molecule has 3 unspecified atom stereocenters. The maximum absolute atomic E-state index is 12.1. The molecular weight excluding hydrogens is 252 g/mol. The minimum Gasteiger partial charge on any atom is -0.481 e. The first-order chi connectivity index (χ1) is 8.95. The fourth-order valence-corrected chi connectivity index (χ4v) is 2.33. The van der Waals surface area contributed by atoms with E-state index in [1.54, 1.807) is 18.9 Å². The molecule has 2 amide bonds. The van der Waals surface area contributed by atoms with Gasteiger partial charge >= 0.3 is 12.0 Å². The third kappa shape index (κ3) is 2.66. The van der Waals surface area contributed by atoms with Crippen LogP contribution in [0.15, 0.2) is 0 Å². The zero-order valence-electron chi connectivity index (χ0n) is 11.2. The van der Waals surface area contributed by atoms with E-state index in [0.717, 1.165) is 6.42 Å². The van der Waals surface area contributed by atoms with E-state index in [1.165, 1.54) is 0 Å². The van der Waals surface area contributed by atoms with Crippen LogP contribution in [-0.4, -0.2) is 67.6 Å². The van der Waals surface area contributed by atoms with Crippen LogP contribution in [0.5, 0.6) is 0 Å². The number of nitrogens with one attached hydrogen (secondary N) is 1. The Bertz CT molecular complexity index is 369. The van der Waals surface area contributed by atoms with Crippen molar-refractivity contribution < 1.29 is 24.2 Å². The van der Waals surface area contributed by atoms with Crippen LogP contribution in [0.1, 0.15) is 13.3 Å². The van der Waals surface area contributed by atoms with Gasteiger partial charge in [0.2, 0.25) is 0 Å². The van der Waals surface area contributed by atoms with E-state index in [1.807, 2.05) is 0 Å². The Morgan fingerprint density at radius 1 is 1.37 bits per heavy atom. The van der Waals surface area contributed by atoms with Gasteiger partial charge in [-0.05, 0) is 13.3 Å². The van der Waals surface area contributed by atoms with Crippen LogP contribution in [0.2, 0.25) is 0 Å². The van der Waals surface area contributed by atoms with Gasteiger partial charge in [0.1, 0.15) is 5.41 Å². The van der Waals surface area contributed by atoms with Gasteiger partial charge in [-0.3, -0.25) is 4.79 Å². The Morgan fingerprint density at radius 3 is 2.68 bits per heavy atom. The fraction of sp³-hybridized carbons (Fsp3) is 0.833. The first-order valence-electron chi connectivity index (χ1n) is 6.37. The number of aliphatic carboxylic acids is 1. The van der Waals surface area contributed by atoms with Crippen molar-refractivity contribution in [2.75, 3.05) is 33.5 Å².